The average molecular weight is 519 g/mol. The molecule has 1 aromatic carbocycles. The first-order chi connectivity index (χ1) is 16.3. The number of alkyl halides is 3. The van der Waals surface area contributed by atoms with Gasteiger partial charge in [-0.3, -0.25) is 4.79 Å². The Hall–Kier alpha value is -2.80. The van der Waals surface area contributed by atoms with Gasteiger partial charge in [0, 0.05) is 42.9 Å². The summed E-state index contributed by atoms with van der Waals surface area (Å²) in [6.07, 6.45) is -2.19. The van der Waals surface area contributed by atoms with Gasteiger partial charge in [-0.1, -0.05) is 0 Å². The highest BCUT2D eigenvalue weighted by Crippen LogP contribution is 2.50. The van der Waals surface area contributed by atoms with Gasteiger partial charge in [-0.2, -0.15) is 13.2 Å². The first-order valence-electron chi connectivity index (χ1n) is 10.6. The third kappa shape index (κ3) is 4.70. The molecular weight excluding hydrogens is 495 g/mol. The standard InChI is InChI=1S/C22H23F5N4O3S/c1-34-21(22(25,26)27)10-16(20(32)30-13-7-8-29-17(9-13)35(2,28)33)31(11-21)15-6-5-14(23)19(24)18(15)12-3-4-12/h5-9,12,16,28H,3-4,10-11H2,1-2H3,(H,29,30,32)/t16-,21-,35-/m1/s1. The number of anilines is 2. The van der Waals surface area contributed by atoms with E-state index in [0.717, 1.165) is 24.3 Å². The number of amides is 1. The van der Waals surface area contributed by atoms with Gasteiger partial charge in [-0.05, 0) is 43.0 Å². The maximum atomic E-state index is 14.7. The molecule has 0 radical (unpaired) electrons. The minimum atomic E-state index is -4.85. The van der Waals surface area contributed by atoms with E-state index in [4.69, 9.17) is 9.52 Å². The molecular formula is C22H23F5N4O3S. The molecule has 1 aliphatic heterocycles. The topological polar surface area (TPSA) is 95.4 Å². The highest BCUT2D eigenvalue weighted by atomic mass is 32.2. The molecule has 13 heteroatoms. The third-order valence-corrected chi connectivity index (χ3v) is 7.36. The Morgan fingerprint density at radius 1 is 1.29 bits per heavy atom. The summed E-state index contributed by atoms with van der Waals surface area (Å²) in [6.45, 7) is -0.799. The molecule has 35 heavy (non-hydrogen) atoms. The van der Waals surface area contributed by atoms with E-state index < -0.39 is 58.1 Å². The van der Waals surface area contributed by atoms with E-state index in [2.05, 4.69) is 10.3 Å². The van der Waals surface area contributed by atoms with E-state index >= 15 is 0 Å². The Kier molecular flexibility index (Phi) is 6.29. The largest absolute Gasteiger partial charge is 0.419 e. The van der Waals surface area contributed by atoms with Crippen LogP contribution in [0.5, 0.6) is 0 Å². The molecule has 1 saturated heterocycles. The molecule has 2 aliphatic rings. The van der Waals surface area contributed by atoms with E-state index in [1.54, 1.807) is 0 Å². The molecule has 1 aliphatic carbocycles. The Balaban J connectivity index is 1.75. The summed E-state index contributed by atoms with van der Waals surface area (Å²) in [4.78, 5) is 18.2. The molecule has 1 amide bonds. The molecule has 1 aromatic heterocycles. The second-order valence-corrected chi connectivity index (χ2v) is 10.9. The fourth-order valence-electron chi connectivity index (χ4n) is 4.32. The van der Waals surface area contributed by atoms with Gasteiger partial charge in [-0.15, -0.1) is 0 Å². The number of hydrogen-bond acceptors (Lipinski definition) is 6. The van der Waals surface area contributed by atoms with Gasteiger partial charge >= 0.3 is 6.18 Å². The Morgan fingerprint density at radius 3 is 2.54 bits per heavy atom. The lowest BCUT2D eigenvalue weighted by Crippen LogP contribution is -2.49. The van der Waals surface area contributed by atoms with E-state index in [-0.39, 0.29) is 27.9 Å². The average Bonchev–Trinajstić information content (AvgIpc) is 3.52. The molecule has 2 fully saturated rings. The van der Waals surface area contributed by atoms with Crippen molar-refractivity contribution in [3.8, 4) is 0 Å². The van der Waals surface area contributed by atoms with Crippen molar-refractivity contribution in [2.24, 2.45) is 0 Å². The van der Waals surface area contributed by atoms with Gasteiger partial charge in [0.2, 0.25) is 5.91 Å². The van der Waals surface area contributed by atoms with E-state index in [1.807, 2.05) is 0 Å². The van der Waals surface area contributed by atoms with Crippen molar-refractivity contribution in [3.63, 3.8) is 0 Å². The molecule has 4 rings (SSSR count). The zero-order valence-corrected chi connectivity index (χ0v) is 19.6. The van der Waals surface area contributed by atoms with Gasteiger partial charge in [0.1, 0.15) is 11.1 Å². The predicted molar refractivity (Wildman–Crippen MR) is 118 cm³/mol. The lowest BCUT2D eigenvalue weighted by molar-refractivity contribution is -0.261. The van der Waals surface area contributed by atoms with Gasteiger partial charge in [-0.25, -0.2) is 22.8 Å². The van der Waals surface area contributed by atoms with Crippen LogP contribution in [0.1, 0.15) is 30.7 Å². The summed E-state index contributed by atoms with van der Waals surface area (Å²) in [5, 5.41) is 2.37. The van der Waals surface area contributed by atoms with Gasteiger partial charge in [0.25, 0.3) is 0 Å². The summed E-state index contributed by atoms with van der Waals surface area (Å²) >= 11 is 0. The van der Waals surface area contributed by atoms with Crippen LogP contribution in [0.15, 0.2) is 35.5 Å². The number of ether oxygens (including phenoxy) is 1. The highest BCUT2D eigenvalue weighted by molar-refractivity contribution is 7.91. The van der Waals surface area contributed by atoms with Crippen molar-refractivity contribution in [2.45, 2.75) is 48.0 Å². The van der Waals surface area contributed by atoms with Crippen molar-refractivity contribution in [3.05, 3.63) is 47.7 Å². The van der Waals surface area contributed by atoms with Gasteiger partial charge in [0.05, 0.1) is 16.3 Å². The van der Waals surface area contributed by atoms with Crippen molar-refractivity contribution in [1.29, 1.82) is 4.78 Å². The summed E-state index contributed by atoms with van der Waals surface area (Å²) in [5.41, 5.74) is -2.68. The van der Waals surface area contributed by atoms with Crippen molar-refractivity contribution in [2.75, 3.05) is 30.1 Å². The minimum absolute atomic E-state index is 0.00729. The Labute approximate surface area is 198 Å². The van der Waals surface area contributed by atoms with Crippen LogP contribution in [0.3, 0.4) is 0 Å². The van der Waals surface area contributed by atoms with Crippen LogP contribution in [-0.4, -0.2) is 52.8 Å². The number of aromatic nitrogens is 1. The fraction of sp³-hybridized carbons (Fsp3) is 0.455. The molecule has 0 unspecified atom stereocenters. The monoisotopic (exact) mass is 518 g/mol. The third-order valence-electron chi connectivity index (χ3n) is 6.34. The molecule has 2 aromatic rings. The number of rotatable bonds is 6. The van der Waals surface area contributed by atoms with Crippen LogP contribution >= 0.6 is 0 Å². The quantitative estimate of drug-likeness (QED) is 0.552. The summed E-state index contributed by atoms with van der Waals surface area (Å²) < 4.78 is 95.5. The maximum absolute atomic E-state index is 14.7. The molecule has 2 heterocycles. The summed E-state index contributed by atoms with van der Waals surface area (Å²) in [7, 11) is -2.32. The van der Waals surface area contributed by atoms with E-state index in [9.17, 15) is 31.0 Å². The summed E-state index contributed by atoms with van der Waals surface area (Å²) in [5.74, 6) is -3.47. The first kappa shape index (κ1) is 25.3. The number of carbonyl (C=O) groups is 1. The SMILES string of the molecule is CO[C@]1(C(F)(F)F)C[C@H](C(=O)Nc2ccnc([S@](C)(=N)=O)c2)N(c2ccc(F)c(F)c2C2CC2)C1. The number of carbonyl (C=O) groups excluding carboxylic acids is 1. The normalized spacial score (nSPS) is 24.3. The Bertz CT molecular complexity index is 1270. The van der Waals surface area contributed by atoms with Crippen LogP contribution in [0.4, 0.5) is 33.3 Å². The van der Waals surface area contributed by atoms with Crippen molar-refractivity contribution in [1.82, 2.24) is 4.98 Å². The van der Waals surface area contributed by atoms with Crippen LogP contribution in [-0.2, 0) is 19.3 Å². The maximum Gasteiger partial charge on any atom is 0.419 e. The number of halogens is 5. The number of benzene rings is 1. The molecule has 0 spiro atoms. The smallest absolute Gasteiger partial charge is 0.367 e. The highest BCUT2D eigenvalue weighted by Gasteiger charge is 2.63. The van der Waals surface area contributed by atoms with Gasteiger partial charge in [0.15, 0.2) is 17.2 Å². The number of pyridine rings is 1. The summed E-state index contributed by atoms with van der Waals surface area (Å²) in [6, 6.07) is 3.11. The molecule has 0 bridgehead atoms. The second kappa shape index (κ2) is 8.70. The van der Waals surface area contributed by atoms with Crippen molar-refractivity contribution < 1.29 is 35.7 Å². The van der Waals surface area contributed by atoms with Crippen LogP contribution in [0, 0.1) is 16.4 Å². The van der Waals surface area contributed by atoms with Crippen LogP contribution in [0.25, 0.3) is 0 Å². The van der Waals surface area contributed by atoms with Crippen molar-refractivity contribution >= 4 is 27.0 Å². The minimum Gasteiger partial charge on any atom is -0.367 e. The van der Waals surface area contributed by atoms with Crippen LogP contribution in [0.2, 0.25) is 0 Å². The number of nitrogens with zero attached hydrogens (tertiary/aromatic N) is 2. The Morgan fingerprint density at radius 2 is 1.97 bits per heavy atom. The molecule has 2 N–H and O–H groups in total. The molecule has 1 saturated carbocycles. The lowest BCUT2D eigenvalue weighted by atomic mass is 9.99. The number of hydrogen-bond donors (Lipinski definition) is 2. The number of methoxy groups -OCH3 is 1. The predicted octanol–water partition coefficient (Wildman–Crippen LogP) is 4.44. The van der Waals surface area contributed by atoms with Crippen LogP contribution < -0.4 is 10.2 Å². The molecule has 190 valence electrons. The van der Waals surface area contributed by atoms with Gasteiger partial charge < -0.3 is 15.0 Å². The lowest BCUT2D eigenvalue weighted by Gasteiger charge is -2.31. The zero-order chi connectivity index (χ0) is 25.8. The van der Waals surface area contributed by atoms with E-state index in [0.29, 0.717) is 12.8 Å². The number of nitrogens with one attached hydrogen (secondary N) is 2. The molecule has 7 nitrogen and oxygen atoms in total. The zero-order valence-electron chi connectivity index (χ0n) is 18.8. The van der Waals surface area contributed by atoms with E-state index in [1.165, 1.54) is 24.4 Å². The first-order valence-corrected chi connectivity index (χ1v) is 12.6. The molecule has 3 atom stereocenters. The second-order valence-electron chi connectivity index (χ2n) is 8.83. The fourth-order valence-corrected chi connectivity index (χ4v) is 4.94.